The van der Waals surface area contributed by atoms with E-state index in [-0.39, 0.29) is 5.91 Å². The lowest BCUT2D eigenvalue weighted by Crippen LogP contribution is -2.53. The van der Waals surface area contributed by atoms with Crippen LogP contribution in [0.4, 0.5) is 18.9 Å². The van der Waals surface area contributed by atoms with Gasteiger partial charge in [0.05, 0.1) is 11.1 Å². The summed E-state index contributed by atoms with van der Waals surface area (Å²) in [6.45, 7) is 7.75. The second-order valence-corrected chi connectivity index (χ2v) is 8.65. The smallest absolute Gasteiger partial charge is 0.416 e. The third-order valence-corrected chi connectivity index (χ3v) is 6.86. The summed E-state index contributed by atoms with van der Waals surface area (Å²) in [7, 11) is 0. The molecule has 2 fully saturated rings. The number of ether oxygens (including phenoxy) is 1. The zero-order chi connectivity index (χ0) is 23.1. The van der Waals surface area contributed by atoms with Crippen LogP contribution in [0.5, 0.6) is 0 Å². The fourth-order valence-corrected chi connectivity index (χ4v) is 4.89. The van der Waals surface area contributed by atoms with Crippen molar-refractivity contribution in [1.82, 2.24) is 9.80 Å². The van der Waals surface area contributed by atoms with E-state index >= 15 is 0 Å². The van der Waals surface area contributed by atoms with E-state index in [4.69, 9.17) is 4.74 Å². The number of halogens is 3. The van der Waals surface area contributed by atoms with Gasteiger partial charge in [-0.05, 0) is 31.7 Å². The lowest BCUT2D eigenvalue weighted by atomic mass is 9.82. The van der Waals surface area contributed by atoms with Gasteiger partial charge in [0.25, 0.3) is 5.91 Å². The fraction of sp³-hybridized carbons (Fsp3) is 0.565. The molecule has 4 rings (SSSR count). The first-order chi connectivity index (χ1) is 15.1. The minimum Gasteiger partial charge on any atom is -0.450 e. The third kappa shape index (κ3) is 4.10. The highest BCUT2D eigenvalue weighted by Crippen LogP contribution is 2.42. The highest BCUT2D eigenvalue weighted by molar-refractivity contribution is 6.07. The Kier molecular flexibility index (Phi) is 5.96. The van der Waals surface area contributed by atoms with Crippen LogP contribution in [0.15, 0.2) is 35.4 Å². The lowest BCUT2D eigenvalue weighted by molar-refractivity contribution is -0.151. The number of nitrogens with zero attached hydrogens (tertiary/aromatic N) is 3. The van der Waals surface area contributed by atoms with Crippen molar-refractivity contribution in [2.75, 3.05) is 50.7 Å². The number of esters is 1. The maximum absolute atomic E-state index is 13.5. The summed E-state index contributed by atoms with van der Waals surface area (Å²) in [4.78, 5) is 31.7. The van der Waals surface area contributed by atoms with Gasteiger partial charge in [-0.25, -0.2) is 4.79 Å². The topological polar surface area (TPSA) is 53.1 Å². The van der Waals surface area contributed by atoms with Gasteiger partial charge in [-0.15, -0.1) is 0 Å². The molecule has 9 heteroatoms. The molecular weight excluding hydrogens is 423 g/mol. The lowest BCUT2D eigenvalue weighted by Gasteiger charge is -2.41. The average Bonchev–Trinajstić information content (AvgIpc) is 3.02. The number of rotatable bonds is 3. The Hall–Kier alpha value is -2.55. The molecule has 3 aliphatic rings. The van der Waals surface area contributed by atoms with Crippen LogP contribution in [0.2, 0.25) is 0 Å². The van der Waals surface area contributed by atoms with Crippen molar-refractivity contribution in [2.24, 2.45) is 0 Å². The van der Waals surface area contributed by atoms with Gasteiger partial charge in [-0.1, -0.05) is 13.0 Å². The molecule has 0 radical (unpaired) electrons. The molecule has 174 valence electrons. The first kappa shape index (κ1) is 22.6. The molecule has 32 heavy (non-hydrogen) atoms. The predicted octanol–water partition coefficient (Wildman–Crippen LogP) is 3.08. The zero-order valence-electron chi connectivity index (χ0n) is 18.4. The Labute approximate surface area is 185 Å². The Morgan fingerprint density at radius 1 is 1.09 bits per heavy atom. The van der Waals surface area contributed by atoms with E-state index in [0.717, 1.165) is 31.8 Å². The molecule has 3 heterocycles. The van der Waals surface area contributed by atoms with Gasteiger partial charge >= 0.3 is 12.1 Å². The largest absolute Gasteiger partial charge is 0.450 e. The van der Waals surface area contributed by atoms with Crippen LogP contribution in [0.25, 0.3) is 0 Å². The van der Waals surface area contributed by atoms with Crippen LogP contribution in [0.1, 0.15) is 32.3 Å². The van der Waals surface area contributed by atoms with Crippen LogP contribution in [0.3, 0.4) is 0 Å². The molecule has 2 saturated heterocycles. The molecule has 1 spiro atoms. The molecule has 0 unspecified atom stereocenters. The number of carbonyl (C=O) groups excluding carboxylic acids is 2. The van der Waals surface area contributed by atoms with Gasteiger partial charge in [0.15, 0.2) is 0 Å². The average molecular weight is 451 g/mol. The quantitative estimate of drug-likeness (QED) is 0.662. The van der Waals surface area contributed by atoms with Crippen molar-refractivity contribution in [2.45, 2.75) is 38.5 Å². The van der Waals surface area contributed by atoms with Crippen LogP contribution in [-0.2, 0) is 20.5 Å². The number of hydrogen-bond acceptors (Lipinski definition) is 5. The summed E-state index contributed by atoms with van der Waals surface area (Å²) in [6.07, 6.45) is -3.21. The van der Waals surface area contributed by atoms with E-state index in [1.807, 2.05) is 4.90 Å². The van der Waals surface area contributed by atoms with E-state index in [9.17, 15) is 22.8 Å². The van der Waals surface area contributed by atoms with Crippen LogP contribution in [0, 0.1) is 0 Å². The molecule has 0 saturated carbocycles. The van der Waals surface area contributed by atoms with E-state index in [1.54, 1.807) is 17.9 Å². The summed E-state index contributed by atoms with van der Waals surface area (Å²) in [6, 6.07) is 5.25. The van der Waals surface area contributed by atoms with Crippen LogP contribution < -0.4 is 4.90 Å². The molecule has 0 bridgehead atoms. The Morgan fingerprint density at radius 3 is 2.34 bits per heavy atom. The number of amides is 1. The van der Waals surface area contributed by atoms with E-state index in [1.165, 1.54) is 6.07 Å². The van der Waals surface area contributed by atoms with Gasteiger partial charge in [0.2, 0.25) is 0 Å². The van der Waals surface area contributed by atoms with Gasteiger partial charge in [0.1, 0.15) is 5.60 Å². The molecule has 3 aliphatic heterocycles. The predicted molar refractivity (Wildman–Crippen MR) is 113 cm³/mol. The molecule has 0 aliphatic carbocycles. The standard InChI is InChI=1S/C23H28F3N3O3/c1-3-27-9-7-22(8-10-27)19(16(2)21(31)32-22)20(30)29-13-11-28(12-14-29)18-6-4-5-17(15-18)23(24,25)26/h4-6,15H,3,7-14H2,1-2H3. The Morgan fingerprint density at radius 2 is 1.75 bits per heavy atom. The summed E-state index contributed by atoms with van der Waals surface area (Å²) >= 11 is 0. The number of benzene rings is 1. The van der Waals surface area contributed by atoms with Gasteiger partial charge in [-0.3, -0.25) is 4.79 Å². The minimum atomic E-state index is -4.39. The van der Waals surface area contributed by atoms with Gasteiger partial charge in [0, 0.05) is 63.4 Å². The third-order valence-electron chi connectivity index (χ3n) is 6.86. The van der Waals surface area contributed by atoms with Crippen LogP contribution in [-0.4, -0.2) is 73.1 Å². The number of hydrogen-bond donors (Lipinski definition) is 0. The summed E-state index contributed by atoms with van der Waals surface area (Å²) < 4.78 is 44.9. The molecule has 6 nitrogen and oxygen atoms in total. The summed E-state index contributed by atoms with van der Waals surface area (Å²) in [5.74, 6) is -0.622. The summed E-state index contributed by atoms with van der Waals surface area (Å²) in [5, 5.41) is 0. The Balaban J connectivity index is 1.47. The van der Waals surface area contributed by atoms with Crippen molar-refractivity contribution in [3.05, 3.63) is 41.0 Å². The van der Waals surface area contributed by atoms with E-state index in [0.29, 0.717) is 55.9 Å². The maximum Gasteiger partial charge on any atom is 0.416 e. The highest BCUT2D eigenvalue weighted by Gasteiger charge is 2.51. The molecule has 0 atom stereocenters. The van der Waals surface area contributed by atoms with Crippen molar-refractivity contribution in [1.29, 1.82) is 0 Å². The van der Waals surface area contributed by atoms with Crippen molar-refractivity contribution in [3.8, 4) is 0 Å². The van der Waals surface area contributed by atoms with Crippen molar-refractivity contribution in [3.63, 3.8) is 0 Å². The van der Waals surface area contributed by atoms with Crippen molar-refractivity contribution >= 4 is 17.6 Å². The van der Waals surface area contributed by atoms with Crippen LogP contribution >= 0.6 is 0 Å². The Bertz CT molecular complexity index is 928. The summed E-state index contributed by atoms with van der Waals surface area (Å²) in [5.41, 5.74) is -0.213. The maximum atomic E-state index is 13.5. The number of piperazine rings is 1. The number of alkyl halides is 3. The zero-order valence-corrected chi connectivity index (χ0v) is 18.4. The fourth-order valence-electron chi connectivity index (χ4n) is 4.89. The second-order valence-electron chi connectivity index (χ2n) is 8.65. The molecular formula is C23H28F3N3O3. The normalized spacial score (nSPS) is 22.0. The SMILES string of the molecule is CCN1CCC2(CC1)OC(=O)C(C)=C2C(=O)N1CCN(c2cccc(C(F)(F)F)c2)CC1. The van der Waals surface area contributed by atoms with Crippen molar-refractivity contribution < 1.29 is 27.5 Å². The molecule has 1 amide bonds. The molecule has 1 aromatic carbocycles. The number of anilines is 1. The first-order valence-corrected chi connectivity index (χ1v) is 11.0. The molecule has 1 aromatic rings. The highest BCUT2D eigenvalue weighted by atomic mass is 19.4. The monoisotopic (exact) mass is 451 g/mol. The van der Waals surface area contributed by atoms with E-state index < -0.39 is 23.3 Å². The second kappa shape index (κ2) is 8.42. The van der Waals surface area contributed by atoms with E-state index in [2.05, 4.69) is 11.8 Å². The minimum absolute atomic E-state index is 0.193. The van der Waals surface area contributed by atoms with Gasteiger partial charge in [-0.2, -0.15) is 13.2 Å². The van der Waals surface area contributed by atoms with Gasteiger partial charge < -0.3 is 19.4 Å². The molecule has 0 aromatic heterocycles. The number of likely N-dealkylation sites (tertiary alicyclic amines) is 1. The first-order valence-electron chi connectivity index (χ1n) is 11.0. The number of carbonyl (C=O) groups is 2. The molecule has 0 N–H and O–H groups in total. The number of piperidine rings is 1.